The number of aryl methyl sites for hydroxylation is 1. The number of hydrogen-bond acceptors (Lipinski definition) is 6. The second kappa shape index (κ2) is 15.0. The van der Waals surface area contributed by atoms with Crippen molar-refractivity contribution in [1.82, 2.24) is 10.3 Å². The number of amides is 1. The Morgan fingerprint density at radius 1 is 1.16 bits per heavy atom. The first kappa shape index (κ1) is 29.8. The van der Waals surface area contributed by atoms with Gasteiger partial charge in [-0.15, -0.1) is 11.8 Å². The molecule has 2 aromatic carbocycles. The van der Waals surface area contributed by atoms with Crippen LogP contribution in [-0.4, -0.2) is 43.6 Å². The molecular weight excluding hydrogens is 539 g/mol. The smallest absolute Gasteiger partial charge is 0.220 e. The lowest BCUT2D eigenvalue weighted by molar-refractivity contribution is -0.122. The molecule has 0 aliphatic carbocycles. The number of benzene rings is 2. The maximum atomic E-state index is 12.4. The molecular formula is C29H34Cl2N4O2S. The number of halogens is 2. The third-order valence-electron chi connectivity index (χ3n) is 6.43. The van der Waals surface area contributed by atoms with E-state index in [2.05, 4.69) is 32.8 Å². The van der Waals surface area contributed by atoms with Gasteiger partial charge in [0.25, 0.3) is 0 Å². The summed E-state index contributed by atoms with van der Waals surface area (Å²) >= 11 is 13.3. The Morgan fingerprint density at radius 2 is 1.92 bits per heavy atom. The second-order valence-electron chi connectivity index (χ2n) is 9.16. The van der Waals surface area contributed by atoms with Crippen molar-refractivity contribution in [3.63, 3.8) is 0 Å². The summed E-state index contributed by atoms with van der Waals surface area (Å²) in [6, 6.07) is 14.8. The lowest BCUT2D eigenvalue weighted by Gasteiger charge is -2.33. The molecule has 1 aromatic heterocycles. The van der Waals surface area contributed by atoms with Crippen molar-refractivity contribution in [1.29, 1.82) is 0 Å². The lowest BCUT2D eigenvalue weighted by Crippen LogP contribution is -2.36. The van der Waals surface area contributed by atoms with Gasteiger partial charge >= 0.3 is 0 Å². The summed E-state index contributed by atoms with van der Waals surface area (Å²) < 4.78 is 0. The number of aldehydes is 1. The van der Waals surface area contributed by atoms with Crippen molar-refractivity contribution in [3.05, 3.63) is 81.5 Å². The van der Waals surface area contributed by atoms with Gasteiger partial charge in [0.05, 0.1) is 5.69 Å². The quantitative estimate of drug-likeness (QED) is 0.226. The van der Waals surface area contributed by atoms with Crippen LogP contribution in [0.15, 0.2) is 59.6 Å². The van der Waals surface area contributed by atoms with Crippen LogP contribution in [0.25, 0.3) is 0 Å². The van der Waals surface area contributed by atoms with Crippen molar-refractivity contribution in [2.24, 2.45) is 5.92 Å². The molecule has 1 aliphatic heterocycles. The molecule has 0 atom stereocenters. The van der Waals surface area contributed by atoms with Crippen molar-refractivity contribution < 1.29 is 9.59 Å². The van der Waals surface area contributed by atoms with E-state index >= 15 is 0 Å². The van der Waals surface area contributed by atoms with Gasteiger partial charge in [0.15, 0.2) is 5.82 Å². The maximum absolute atomic E-state index is 12.4. The van der Waals surface area contributed by atoms with Gasteiger partial charge in [-0.25, -0.2) is 4.98 Å². The first-order valence-electron chi connectivity index (χ1n) is 12.5. The maximum Gasteiger partial charge on any atom is 0.220 e. The Hall–Kier alpha value is -2.74. The van der Waals surface area contributed by atoms with E-state index in [4.69, 9.17) is 23.2 Å². The summed E-state index contributed by atoms with van der Waals surface area (Å²) in [4.78, 5) is 30.6. The minimum absolute atomic E-state index is 0.120. The fourth-order valence-corrected chi connectivity index (χ4v) is 4.98. The lowest BCUT2D eigenvalue weighted by atomic mass is 9.93. The fraction of sp³-hybridized carbons (Fsp3) is 0.345. The number of hydrogen-bond donors (Lipinski definition) is 2. The molecule has 2 N–H and O–H groups in total. The van der Waals surface area contributed by atoms with Crippen LogP contribution in [0.5, 0.6) is 0 Å². The average molecular weight is 574 g/mol. The SMILES string of the molecule is CNc1cc(SC)cnc1N1CCC(CC(=O)NCc2ccc(Cl)c(C)c2)CC1.O=Cc1cccc(Cl)c1. The standard InChI is InChI=1S/C22H29ClN4OS.C7H5ClO/c1-15-10-17(4-5-19(15)23)13-25-21(28)11-16-6-8-27(9-7-16)22-20(24-2)12-18(29-3)14-26-22;8-7-3-1-2-6(4-7)5-9/h4-5,10,12,14,16,24H,6-9,11,13H2,1-3H3,(H,25,28);1-5H. The van der Waals surface area contributed by atoms with E-state index in [-0.39, 0.29) is 5.91 Å². The van der Waals surface area contributed by atoms with E-state index in [9.17, 15) is 9.59 Å². The van der Waals surface area contributed by atoms with Crippen LogP contribution in [0.2, 0.25) is 10.0 Å². The largest absolute Gasteiger partial charge is 0.385 e. The van der Waals surface area contributed by atoms with E-state index < -0.39 is 0 Å². The van der Waals surface area contributed by atoms with Crippen LogP contribution < -0.4 is 15.5 Å². The minimum atomic E-state index is 0.120. The van der Waals surface area contributed by atoms with Gasteiger partial charge in [-0.3, -0.25) is 9.59 Å². The molecule has 202 valence electrons. The van der Waals surface area contributed by atoms with Gasteiger partial charge in [-0.05, 0) is 67.3 Å². The monoisotopic (exact) mass is 572 g/mol. The topological polar surface area (TPSA) is 74.3 Å². The summed E-state index contributed by atoms with van der Waals surface area (Å²) in [6.07, 6.45) is 7.34. The van der Waals surface area contributed by atoms with Crippen LogP contribution >= 0.6 is 35.0 Å². The number of carbonyl (C=O) groups is 2. The van der Waals surface area contributed by atoms with Crippen molar-refractivity contribution in [2.45, 2.75) is 37.6 Å². The van der Waals surface area contributed by atoms with Gasteiger partial charge in [0, 0.05) is 59.8 Å². The number of carbonyl (C=O) groups excluding carboxylic acids is 2. The summed E-state index contributed by atoms with van der Waals surface area (Å²) in [5.74, 6) is 1.54. The highest BCUT2D eigenvalue weighted by Crippen LogP contribution is 2.31. The molecule has 0 spiro atoms. The van der Waals surface area contributed by atoms with E-state index in [0.29, 0.717) is 29.5 Å². The number of nitrogens with one attached hydrogen (secondary N) is 2. The first-order valence-corrected chi connectivity index (χ1v) is 14.5. The van der Waals surface area contributed by atoms with E-state index in [1.165, 1.54) is 0 Å². The summed E-state index contributed by atoms with van der Waals surface area (Å²) in [7, 11) is 1.93. The number of thioether (sulfide) groups is 1. The molecule has 1 saturated heterocycles. The van der Waals surface area contributed by atoms with Gasteiger partial charge in [-0.1, -0.05) is 47.5 Å². The molecule has 4 rings (SSSR count). The molecule has 38 heavy (non-hydrogen) atoms. The van der Waals surface area contributed by atoms with Crippen molar-refractivity contribution in [3.8, 4) is 0 Å². The molecule has 0 bridgehead atoms. The van der Waals surface area contributed by atoms with Crippen LogP contribution in [0.1, 0.15) is 40.7 Å². The molecule has 3 aromatic rings. The summed E-state index contributed by atoms with van der Waals surface area (Å²) in [5, 5.41) is 7.66. The molecule has 0 unspecified atom stereocenters. The highest BCUT2D eigenvalue weighted by Gasteiger charge is 2.23. The van der Waals surface area contributed by atoms with Crippen molar-refractivity contribution in [2.75, 3.05) is 36.6 Å². The van der Waals surface area contributed by atoms with Crippen molar-refractivity contribution >= 4 is 58.7 Å². The predicted molar refractivity (Wildman–Crippen MR) is 160 cm³/mol. The van der Waals surface area contributed by atoms with E-state index in [1.807, 2.05) is 38.4 Å². The third-order valence-corrected chi connectivity index (χ3v) is 7.79. The second-order valence-corrected chi connectivity index (χ2v) is 10.9. The van der Waals surface area contributed by atoms with Gasteiger partial charge in [-0.2, -0.15) is 0 Å². The van der Waals surface area contributed by atoms with Gasteiger partial charge in [0.1, 0.15) is 6.29 Å². The average Bonchev–Trinajstić information content (AvgIpc) is 2.94. The summed E-state index contributed by atoms with van der Waals surface area (Å²) in [5.41, 5.74) is 3.79. The molecule has 0 radical (unpaired) electrons. The minimum Gasteiger partial charge on any atom is -0.385 e. The fourth-order valence-electron chi connectivity index (χ4n) is 4.27. The Kier molecular flexibility index (Phi) is 11.8. The van der Waals surface area contributed by atoms with Crippen LogP contribution in [-0.2, 0) is 11.3 Å². The highest BCUT2D eigenvalue weighted by atomic mass is 35.5. The number of rotatable bonds is 8. The van der Waals surface area contributed by atoms with Crippen LogP contribution in [0, 0.1) is 12.8 Å². The molecule has 1 amide bonds. The predicted octanol–water partition coefficient (Wildman–Crippen LogP) is 6.88. The van der Waals surface area contributed by atoms with Crippen LogP contribution in [0.3, 0.4) is 0 Å². The van der Waals surface area contributed by atoms with E-state index in [1.54, 1.807) is 36.0 Å². The normalized spacial score (nSPS) is 13.3. The van der Waals surface area contributed by atoms with E-state index in [0.717, 1.165) is 64.8 Å². The Morgan fingerprint density at radius 3 is 2.53 bits per heavy atom. The zero-order chi connectivity index (χ0) is 27.5. The molecule has 6 nitrogen and oxygen atoms in total. The number of piperidine rings is 1. The third kappa shape index (κ3) is 8.93. The number of nitrogens with zero attached hydrogens (tertiary/aromatic N) is 2. The van der Waals surface area contributed by atoms with Gasteiger partial charge < -0.3 is 15.5 Å². The highest BCUT2D eigenvalue weighted by molar-refractivity contribution is 7.98. The number of pyridine rings is 1. The zero-order valence-corrected chi connectivity index (χ0v) is 24.3. The Balaban J connectivity index is 0.000000375. The molecule has 1 aliphatic rings. The molecule has 0 saturated carbocycles. The van der Waals surface area contributed by atoms with Crippen LogP contribution in [0.4, 0.5) is 11.5 Å². The zero-order valence-electron chi connectivity index (χ0n) is 22.0. The molecule has 2 heterocycles. The molecule has 9 heteroatoms. The Bertz CT molecular complexity index is 1230. The number of aromatic nitrogens is 1. The number of anilines is 2. The Labute approximate surface area is 239 Å². The summed E-state index contributed by atoms with van der Waals surface area (Å²) in [6.45, 7) is 4.38. The van der Waals surface area contributed by atoms with Gasteiger partial charge in [0.2, 0.25) is 5.91 Å². The first-order chi connectivity index (χ1) is 18.3. The molecule has 1 fully saturated rings.